The van der Waals surface area contributed by atoms with Gasteiger partial charge in [0.15, 0.2) is 0 Å². The van der Waals surface area contributed by atoms with E-state index in [4.69, 9.17) is 9.47 Å². The summed E-state index contributed by atoms with van der Waals surface area (Å²) >= 11 is 0. The largest absolute Gasteiger partial charge is 0.496 e. The van der Waals surface area contributed by atoms with Crippen molar-refractivity contribution in [2.75, 3.05) is 14.2 Å². The van der Waals surface area contributed by atoms with Gasteiger partial charge in [-0.3, -0.25) is 9.48 Å². The zero-order chi connectivity index (χ0) is 17.1. The van der Waals surface area contributed by atoms with Crippen LogP contribution in [0.2, 0.25) is 0 Å². The first-order valence-corrected chi connectivity index (χ1v) is 7.41. The van der Waals surface area contributed by atoms with E-state index in [-0.39, 0.29) is 11.9 Å². The van der Waals surface area contributed by atoms with E-state index >= 15 is 0 Å². The Hall–Kier alpha value is -2.50. The lowest BCUT2D eigenvalue weighted by molar-refractivity contribution is 0.0939. The molecule has 0 saturated carbocycles. The minimum atomic E-state index is -0.183. The van der Waals surface area contributed by atoms with Gasteiger partial charge < -0.3 is 14.8 Å². The number of nitrogens with one attached hydrogen (secondary N) is 1. The third-order valence-corrected chi connectivity index (χ3v) is 4.10. The molecule has 0 radical (unpaired) electrons. The van der Waals surface area contributed by atoms with Crippen LogP contribution in [0, 0.1) is 13.8 Å². The Morgan fingerprint density at radius 1 is 1.22 bits per heavy atom. The highest BCUT2D eigenvalue weighted by Gasteiger charge is 2.18. The quantitative estimate of drug-likeness (QED) is 0.920. The van der Waals surface area contributed by atoms with E-state index in [1.807, 2.05) is 27.8 Å². The van der Waals surface area contributed by atoms with Crippen LogP contribution in [0.25, 0.3) is 0 Å². The Morgan fingerprint density at radius 2 is 1.78 bits per heavy atom. The number of nitrogens with zero attached hydrogens (tertiary/aromatic N) is 2. The van der Waals surface area contributed by atoms with Gasteiger partial charge in [-0.05, 0) is 32.9 Å². The first-order valence-electron chi connectivity index (χ1n) is 7.41. The molecule has 0 spiro atoms. The maximum Gasteiger partial charge on any atom is 0.252 e. The Kier molecular flexibility index (Phi) is 4.93. The van der Waals surface area contributed by atoms with Crippen LogP contribution < -0.4 is 14.8 Å². The number of carbonyl (C=O) groups is 1. The minimum absolute atomic E-state index is 0.144. The third kappa shape index (κ3) is 3.31. The predicted molar refractivity (Wildman–Crippen MR) is 88.1 cm³/mol. The molecule has 0 saturated heterocycles. The van der Waals surface area contributed by atoms with Crippen molar-refractivity contribution in [1.29, 1.82) is 0 Å². The molecule has 0 aliphatic heterocycles. The lowest BCUT2D eigenvalue weighted by Crippen LogP contribution is -2.27. The molecule has 1 unspecified atom stereocenters. The number of hydrogen-bond donors (Lipinski definition) is 1. The SMILES string of the molecule is COc1cc(C(=O)NC(C)c2cnn(C)c2C)cc(OC)c1C. The first kappa shape index (κ1) is 16.9. The fourth-order valence-electron chi connectivity index (χ4n) is 2.52. The van der Waals surface area contributed by atoms with Crippen molar-refractivity contribution in [3.8, 4) is 11.5 Å². The van der Waals surface area contributed by atoms with Crippen molar-refractivity contribution >= 4 is 5.91 Å². The molecular weight excluding hydrogens is 294 g/mol. The van der Waals surface area contributed by atoms with Crippen LogP contribution in [0.5, 0.6) is 11.5 Å². The van der Waals surface area contributed by atoms with Crippen LogP contribution >= 0.6 is 0 Å². The molecule has 0 aliphatic carbocycles. The van der Waals surface area contributed by atoms with Gasteiger partial charge in [0.25, 0.3) is 5.91 Å². The number of rotatable bonds is 5. The maximum atomic E-state index is 12.5. The van der Waals surface area contributed by atoms with E-state index in [0.29, 0.717) is 17.1 Å². The van der Waals surface area contributed by atoms with Crippen LogP contribution in [0.3, 0.4) is 0 Å². The molecule has 6 heteroatoms. The number of aromatic nitrogens is 2. The second kappa shape index (κ2) is 6.73. The van der Waals surface area contributed by atoms with Gasteiger partial charge in [-0.1, -0.05) is 0 Å². The van der Waals surface area contributed by atoms with Gasteiger partial charge in [0.1, 0.15) is 11.5 Å². The fraction of sp³-hybridized carbons (Fsp3) is 0.412. The Balaban J connectivity index is 2.25. The average Bonchev–Trinajstić information content (AvgIpc) is 2.87. The zero-order valence-corrected chi connectivity index (χ0v) is 14.4. The summed E-state index contributed by atoms with van der Waals surface area (Å²) in [6, 6.07) is 3.29. The molecule has 1 atom stereocenters. The molecule has 1 aromatic carbocycles. The highest BCUT2D eigenvalue weighted by molar-refractivity contribution is 5.95. The third-order valence-electron chi connectivity index (χ3n) is 4.10. The molecule has 2 rings (SSSR count). The van der Waals surface area contributed by atoms with Gasteiger partial charge in [0, 0.05) is 29.4 Å². The molecule has 2 aromatic rings. The molecule has 0 aliphatic rings. The van der Waals surface area contributed by atoms with Crippen molar-refractivity contribution in [2.45, 2.75) is 26.8 Å². The molecular formula is C17H23N3O3. The maximum absolute atomic E-state index is 12.5. The second-order valence-corrected chi connectivity index (χ2v) is 5.51. The van der Waals surface area contributed by atoms with Gasteiger partial charge in [-0.2, -0.15) is 5.10 Å². The van der Waals surface area contributed by atoms with Gasteiger partial charge in [-0.15, -0.1) is 0 Å². The van der Waals surface area contributed by atoms with Crippen LogP contribution in [0.15, 0.2) is 18.3 Å². The summed E-state index contributed by atoms with van der Waals surface area (Å²) in [5.74, 6) is 1.07. The molecule has 1 N–H and O–H groups in total. The molecule has 6 nitrogen and oxygen atoms in total. The number of methoxy groups -OCH3 is 2. The summed E-state index contributed by atoms with van der Waals surface area (Å²) in [5, 5.41) is 7.19. The Bertz CT molecular complexity index is 697. The van der Waals surface area contributed by atoms with Gasteiger partial charge in [0.2, 0.25) is 0 Å². The van der Waals surface area contributed by atoms with Crippen molar-refractivity contribution in [1.82, 2.24) is 15.1 Å². The van der Waals surface area contributed by atoms with Crippen LogP contribution in [0.4, 0.5) is 0 Å². The number of ether oxygens (including phenoxy) is 2. The molecule has 1 aromatic heterocycles. The summed E-state index contributed by atoms with van der Waals surface area (Å²) in [7, 11) is 5.03. The van der Waals surface area contributed by atoms with Crippen LogP contribution in [-0.4, -0.2) is 29.9 Å². The Labute approximate surface area is 136 Å². The van der Waals surface area contributed by atoms with Crippen molar-refractivity contribution < 1.29 is 14.3 Å². The normalized spacial score (nSPS) is 11.9. The molecule has 124 valence electrons. The fourth-order valence-corrected chi connectivity index (χ4v) is 2.52. The van der Waals surface area contributed by atoms with E-state index in [2.05, 4.69) is 10.4 Å². The number of aryl methyl sites for hydroxylation is 1. The zero-order valence-electron chi connectivity index (χ0n) is 14.4. The molecule has 1 amide bonds. The second-order valence-electron chi connectivity index (χ2n) is 5.51. The number of benzene rings is 1. The summed E-state index contributed by atoms with van der Waals surface area (Å²) in [6.07, 6.45) is 1.77. The van der Waals surface area contributed by atoms with Crippen molar-refractivity contribution in [3.05, 3.63) is 40.7 Å². The predicted octanol–water partition coefficient (Wildman–Crippen LogP) is 2.55. The first-order chi connectivity index (χ1) is 10.9. The lowest BCUT2D eigenvalue weighted by atomic mass is 10.1. The summed E-state index contributed by atoms with van der Waals surface area (Å²) < 4.78 is 12.4. The van der Waals surface area contributed by atoms with E-state index < -0.39 is 0 Å². The smallest absolute Gasteiger partial charge is 0.252 e. The van der Waals surface area contributed by atoms with Crippen LogP contribution in [0.1, 0.15) is 40.1 Å². The van der Waals surface area contributed by atoms with E-state index in [1.165, 1.54) is 0 Å². The monoisotopic (exact) mass is 317 g/mol. The highest BCUT2D eigenvalue weighted by atomic mass is 16.5. The van der Waals surface area contributed by atoms with E-state index in [0.717, 1.165) is 16.8 Å². The number of carbonyl (C=O) groups excluding carboxylic acids is 1. The van der Waals surface area contributed by atoms with Crippen molar-refractivity contribution in [2.24, 2.45) is 7.05 Å². The molecule has 0 bridgehead atoms. The number of amides is 1. The highest BCUT2D eigenvalue weighted by Crippen LogP contribution is 2.29. The average molecular weight is 317 g/mol. The van der Waals surface area contributed by atoms with Gasteiger partial charge in [0.05, 0.1) is 26.5 Å². The van der Waals surface area contributed by atoms with Gasteiger partial charge >= 0.3 is 0 Å². The summed E-state index contributed by atoms with van der Waals surface area (Å²) in [5.41, 5.74) is 3.38. The molecule has 0 fully saturated rings. The van der Waals surface area contributed by atoms with E-state index in [9.17, 15) is 4.79 Å². The van der Waals surface area contributed by atoms with Gasteiger partial charge in [-0.25, -0.2) is 0 Å². The topological polar surface area (TPSA) is 65.4 Å². The van der Waals surface area contributed by atoms with Crippen LogP contribution in [-0.2, 0) is 7.05 Å². The summed E-state index contributed by atoms with van der Waals surface area (Å²) in [4.78, 5) is 12.5. The summed E-state index contributed by atoms with van der Waals surface area (Å²) in [6.45, 7) is 5.80. The lowest BCUT2D eigenvalue weighted by Gasteiger charge is -2.16. The minimum Gasteiger partial charge on any atom is -0.496 e. The van der Waals surface area contributed by atoms with E-state index in [1.54, 1.807) is 37.2 Å². The Morgan fingerprint density at radius 3 is 2.22 bits per heavy atom. The number of hydrogen-bond acceptors (Lipinski definition) is 4. The standard InChI is InChI=1S/C17H23N3O3/c1-10-15(22-5)7-13(8-16(10)23-6)17(21)19-11(2)14-9-18-20(4)12(14)3/h7-9,11H,1-6H3,(H,19,21). The molecule has 23 heavy (non-hydrogen) atoms. The van der Waals surface area contributed by atoms with Crippen molar-refractivity contribution in [3.63, 3.8) is 0 Å². The molecule has 1 heterocycles.